The van der Waals surface area contributed by atoms with E-state index in [0.29, 0.717) is 18.5 Å². The van der Waals surface area contributed by atoms with Crippen LogP contribution in [0.4, 0.5) is 5.69 Å². The SMILES string of the molecule is Cc1cc2ccccc2n(CCC(=O)N2CCCc3ccccc32)c1=O. The zero-order chi connectivity index (χ0) is 18.1. The van der Waals surface area contributed by atoms with E-state index in [2.05, 4.69) is 6.07 Å². The fourth-order valence-corrected chi connectivity index (χ4v) is 3.83. The third-order valence-electron chi connectivity index (χ3n) is 5.14. The number of hydrogen-bond donors (Lipinski definition) is 0. The molecule has 26 heavy (non-hydrogen) atoms. The maximum Gasteiger partial charge on any atom is 0.253 e. The van der Waals surface area contributed by atoms with Crippen LogP contribution in [0.1, 0.15) is 24.0 Å². The van der Waals surface area contributed by atoms with Gasteiger partial charge in [0.2, 0.25) is 5.91 Å². The first kappa shape index (κ1) is 16.6. The Morgan fingerprint density at radius 2 is 1.85 bits per heavy atom. The van der Waals surface area contributed by atoms with Gasteiger partial charge in [0.1, 0.15) is 0 Å². The molecular weight excluding hydrogens is 324 g/mol. The standard InChI is InChI=1S/C22H22N2O2/c1-16-15-18-8-3-5-11-20(18)24(22(16)26)14-12-21(25)23-13-6-9-17-7-2-4-10-19(17)23/h2-5,7-8,10-11,15H,6,9,12-14H2,1H3. The maximum atomic E-state index is 12.9. The second-order valence-electron chi connectivity index (χ2n) is 6.87. The molecule has 0 fully saturated rings. The molecule has 0 saturated carbocycles. The van der Waals surface area contributed by atoms with E-state index in [9.17, 15) is 9.59 Å². The number of nitrogens with zero attached hydrogens (tertiary/aromatic N) is 2. The number of benzene rings is 2. The van der Waals surface area contributed by atoms with Crippen molar-refractivity contribution in [2.24, 2.45) is 0 Å². The summed E-state index contributed by atoms with van der Waals surface area (Å²) in [5.41, 5.74) is 3.82. The topological polar surface area (TPSA) is 42.3 Å². The molecule has 1 amide bonds. The first-order valence-corrected chi connectivity index (χ1v) is 9.12. The summed E-state index contributed by atoms with van der Waals surface area (Å²) in [6.07, 6.45) is 2.32. The molecule has 0 spiro atoms. The quantitative estimate of drug-likeness (QED) is 0.726. The molecule has 0 radical (unpaired) electrons. The predicted molar refractivity (Wildman–Crippen MR) is 105 cm³/mol. The second-order valence-corrected chi connectivity index (χ2v) is 6.87. The molecule has 1 aliphatic heterocycles. The Morgan fingerprint density at radius 1 is 1.08 bits per heavy atom. The first-order valence-electron chi connectivity index (χ1n) is 9.12. The number of fused-ring (bicyclic) bond motifs is 2. The molecule has 4 heteroatoms. The Kier molecular flexibility index (Phi) is 4.33. The summed E-state index contributed by atoms with van der Waals surface area (Å²) in [4.78, 5) is 27.4. The molecule has 0 bridgehead atoms. The highest BCUT2D eigenvalue weighted by atomic mass is 16.2. The van der Waals surface area contributed by atoms with Crippen LogP contribution in [0.2, 0.25) is 0 Å². The van der Waals surface area contributed by atoms with Gasteiger partial charge < -0.3 is 9.47 Å². The average Bonchev–Trinajstić information content (AvgIpc) is 2.67. The number of para-hydroxylation sites is 2. The summed E-state index contributed by atoms with van der Waals surface area (Å²) in [5.74, 6) is 0.0784. The van der Waals surface area contributed by atoms with Gasteiger partial charge in [0.05, 0.1) is 5.52 Å². The van der Waals surface area contributed by atoms with Crippen molar-refractivity contribution < 1.29 is 4.79 Å². The number of carbonyl (C=O) groups excluding carboxylic acids is 1. The van der Waals surface area contributed by atoms with Crippen LogP contribution in [0.25, 0.3) is 10.9 Å². The Labute approximate surface area is 152 Å². The van der Waals surface area contributed by atoms with Crippen LogP contribution in [-0.4, -0.2) is 17.0 Å². The van der Waals surface area contributed by atoms with E-state index in [1.807, 2.05) is 60.4 Å². The lowest BCUT2D eigenvalue weighted by molar-refractivity contribution is -0.118. The molecule has 4 rings (SSSR count). The van der Waals surface area contributed by atoms with E-state index < -0.39 is 0 Å². The summed E-state index contributed by atoms with van der Waals surface area (Å²) in [5, 5.41) is 1.03. The predicted octanol–water partition coefficient (Wildman–Crippen LogP) is 3.68. The molecule has 4 nitrogen and oxygen atoms in total. The largest absolute Gasteiger partial charge is 0.312 e. The molecule has 0 N–H and O–H groups in total. The Hall–Kier alpha value is -2.88. The minimum atomic E-state index is -0.0180. The number of aryl methyl sites for hydroxylation is 3. The van der Waals surface area contributed by atoms with Crippen molar-refractivity contribution in [2.75, 3.05) is 11.4 Å². The average molecular weight is 346 g/mol. The van der Waals surface area contributed by atoms with Gasteiger partial charge in [-0.2, -0.15) is 0 Å². The number of aromatic nitrogens is 1. The fourth-order valence-electron chi connectivity index (χ4n) is 3.83. The number of rotatable bonds is 3. The van der Waals surface area contributed by atoms with Crippen LogP contribution in [0, 0.1) is 6.92 Å². The Balaban J connectivity index is 1.61. The van der Waals surface area contributed by atoms with Gasteiger partial charge in [0.25, 0.3) is 5.56 Å². The van der Waals surface area contributed by atoms with Crippen molar-refractivity contribution in [3.8, 4) is 0 Å². The lowest BCUT2D eigenvalue weighted by Crippen LogP contribution is -2.36. The first-order chi connectivity index (χ1) is 12.6. The van der Waals surface area contributed by atoms with Gasteiger partial charge in [-0.1, -0.05) is 36.4 Å². The summed E-state index contributed by atoms with van der Waals surface area (Å²) in [6.45, 7) is 2.98. The van der Waals surface area contributed by atoms with Crippen LogP contribution in [0.15, 0.2) is 59.4 Å². The van der Waals surface area contributed by atoms with E-state index >= 15 is 0 Å². The van der Waals surface area contributed by atoms with Gasteiger partial charge in [-0.15, -0.1) is 0 Å². The van der Waals surface area contributed by atoms with E-state index in [1.54, 1.807) is 4.57 Å². The summed E-state index contributed by atoms with van der Waals surface area (Å²) >= 11 is 0. The Bertz CT molecular complexity index is 1040. The van der Waals surface area contributed by atoms with Gasteiger partial charge in [0, 0.05) is 30.8 Å². The Morgan fingerprint density at radius 3 is 2.73 bits per heavy atom. The number of pyridine rings is 1. The zero-order valence-corrected chi connectivity index (χ0v) is 14.9. The van der Waals surface area contributed by atoms with Crippen molar-refractivity contribution in [3.05, 3.63) is 76.1 Å². The summed E-state index contributed by atoms with van der Waals surface area (Å²) < 4.78 is 1.73. The smallest absolute Gasteiger partial charge is 0.253 e. The molecule has 0 saturated heterocycles. The molecule has 3 aromatic rings. The van der Waals surface area contributed by atoms with Crippen LogP contribution >= 0.6 is 0 Å². The number of anilines is 1. The van der Waals surface area contributed by atoms with E-state index in [0.717, 1.165) is 36.0 Å². The van der Waals surface area contributed by atoms with Crippen molar-refractivity contribution >= 4 is 22.5 Å². The molecular formula is C22H22N2O2. The molecule has 0 atom stereocenters. The highest BCUT2D eigenvalue weighted by Crippen LogP contribution is 2.27. The van der Waals surface area contributed by atoms with Crippen molar-refractivity contribution in [1.29, 1.82) is 0 Å². The van der Waals surface area contributed by atoms with Crippen molar-refractivity contribution in [2.45, 2.75) is 32.7 Å². The van der Waals surface area contributed by atoms with E-state index in [-0.39, 0.29) is 11.5 Å². The highest BCUT2D eigenvalue weighted by molar-refractivity contribution is 5.94. The monoisotopic (exact) mass is 346 g/mol. The zero-order valence-electron chi connectivity index (χ0n) is 14.9. The van der Waals surface area contributed by atoms with Gasteiger partial charge >= 0.3 is 0 Å². The van der Waals surface area contributed by atoms with Crippen molar-refractivity contribution in [3.63, 3.8) is 0 Å². The number of carbonyl (C=O) groups is 1. The minimum Gasteiger partial charge on any atom is -0.312 e. The van der Waals surface area contributed by atoms with Gasteiger partial charge in [-0.25, -0.2) is 0 Å². The van der Waals surface area contributed by atoms with Crippen molar-refractivity contribution in [1.82, 2.24) is 4.57 Å². The lowest BCUT2D eigenvalue weighted by atomic mass is 10.0. The number of hydrogen-bond acceptors (Lipinski definition) is 2. The second kappa shape index (κ2) is 6.79. The third-order valence-corrected chi connectivity index (χ3v) is 5.14. The highest BCUT2D eigenvalue weighted by Gasteiger charge is 2.22. The van der Waals surface area contributed by atoms with Crippen LogP contribution in [0.5, 0.6) is 0 Å². The van der Waals surface area contributed by atoms with Gasteiger partial charge in [-0.3, -0.25) is 9.59 Å². The molecule has 0 unspecified atom stereocenters. The summed E-state index contributed by atoms with van der Waals surface area (Å²) in [6, 6.07) is 17.8. The molecule has 1 aliphatic rings. The lowest BCUT2D eigenvalue weighted by Gasteiger charge is -2.29. The van der Waals surface area contributed by atoms with Gasteiger partial charge in [-0.05, 0) is 48.9 Å². The van der Waals surface area contributed by atoms with Crippen LogP contribution < -0.4 is 10.5 Å². The van der Waals surface area contributed by atoms with Gasteiger partial charge in [0.15, 0.2) is 0 Å². The molecule has 0 aliphatic carbocycles. The normalized spacial score (nSPS) is 13.7. The minimum absolute atomic E-state index is 0.0180. The van der Waals surface area contributed by atoms with E-state index in [1.165, 1.54) is 5.56 Å². The van der Waals surface area contributed by atoms with Crippen LogP contribution in [0.3, 0.4) is 0 Å². The fraction of sp³-hybridized carbons (Fsp3) is 0.273. The third kappa shape index (κ3) is 2.92. The molecule has 2 heterocycles. The molecule has 1 aromatic heterocycles. The van der Waals surface area contributed by atoms with E-state index in [4.69, 9.17) is 0 Å². The maximum absolute atomic E-state index is 12.9. The molecule has 132 valence electrons. The molecule has 2 aromatic carbocycles. The summed E-state index contributed by atoms with van der Waals surface area (Å²) in [7, 11) is 0. The number of amides is 1. The van der Waals surface area contributed by atoms with Crippen LogP contribution in [-0.2, 0) is 17.8 Å².